The van der Waals surface area contributed by atoms with Crippen LogP contribution in [0.1, 0.15) is 27.7 Å². The van der Waals surface area contributed by atoms with E-state index in [-0.39, 0.29) is 23.6 Å². The molecule has 1 amide bonds. The Balaban J connectivity index is 1.53. The SMILES string of the molecule is O=C(Nc1nc2n(n1)[C@@H](c1ccc(F)cc1)C=C(c1ccc(Cl)cc1)N2)c1ccco1. The molecule has 0 unspecified atom stereocenters. The molecule has 0 bridgehead atoms. The summed E-state index contributed by atoms with van der Waals surface area (Å²) in [7, 11) is 0. The van der Waals surface area contributed by atoms with Crippen molar-refractivity contribution in [3.05, 3.63) is 101 Å². The van der Waals surface area contributed by atoms with Gasteiger partial charge in [0.25, 0.3) is 11.9 Å². The highest BCUT2D eigenvalue weighted by Gasteiger charge is 2.26. The first-order valence-corrected chi connectivity index (χ1v) is 9.76. The number of anilines is 2. The van der Waals surface area contributed by atoms with Gasteiger partial charge in [-0.1, -0.05) is 35.9 Å². The van der Waals surface area contributed by atoms with Gasteiger partial charge in [-0.2, -0.15) is 4.98 Å². The minimum Gasteiger partial charge on any atom is -0.459 e. The second-order valence-electron chi connectivity index (χ2n) is 6.84. The van der Waals surface area contributed by atoms with E-state index in [1.165, 1.54) is 18.4 Å². The van der Waals surface area contributed by atoms with Crippen molar-refractivity contribution < 1.29 is 13.6 Å². The Labute approximate surface area is 181 Å². The normalized spacial score (nSPS) is 15.0. The van der Waals surface area contributed by atoms with Crippen LogP contribution in [0.3, 0.4) is 0 Å². The number of rotatable bonds is 4. The van der Waals surface area contributed by atoms with Crippen LogP contribution in [-0.4, -0.2) is 20.7 Å². The number of nitrogens with zero attached hydrogens (tertiary/aromatic N) is 3. The maximum absolute atomic E-state index is 13.5. The molecule has 154 valence electrons. The molecule has 31 heavy (non-hydrogen) atoms. The molecule has 3 heterocycles. The Kier molecular flexibility index (Phi) is 4.76. The van der Waals surface area contributed by atoms with Gasteiger partial charge in [0.15, 0.2) is 5.76 Å². The molecule has 5 rings (SSSR count). The molecule has 2 aromatic carbocycles. The molecule has 1 aliphatic heterocycles. The van der Waals surface area contributed by atoms with Crippen LogP contribution in [0, 0.1) is 5.82 Å². The number of aromatic nitrogens is 3. The van der Waals surface area contributed by atoms with Gasteiger partial charge in [-0.3, -0.25) is 10.1 Å². The summed E-state index contributed by atoms with van der Waals surface area (Å²) in [5.74, 6) is -0.101. The second-order valence-corrected chi connectivity index (χ2v) is 7.28. The maximum Gasteiger partial charge on any atom is 0.293 e. The van der Waals surface area contributed by atoms with Crippen LogP contribution in [0.2, 0.25) is 5.02 Å². The highest BCUT2D eigenvalue weighted by molar-refractivity contribution is 6.30. The van der Waals surface area contributed by atoms with E-state index < -0.39 is 5.91 Å². The van der Waals surface area contributed by atoms with E-state index in [4.69, 9.17) is 16.0 Å². The summed E-state index contributed by atoms with van der Waals surface area (Å²) >= 11 is 6.02. The van der Waals surface area contributed by atoms with E-state index in [1.807, 2.05) is 18.2 Å². The smallest absolute Gasteiger partial charge is 0.293 e. The van der Waals surface area contributed by atoms with Crippen LogP contribution < -0.4 is 10.6 Å². The molecule has 0 saturated heterocycles. The van der Waals surface area contributed by atoms with E-state index in [0.29, 0.717) is 11.0 Å². The van der Waals surface area contributed by atoms with Crippen LogP contribution in [0.25, 0.3) is 5.70 Å². The Hall–Kier alpha value is -3.91. The zero-order valence-electron chi connectivity index (χ0n) is 15.9. The fourth-order valence-corrected chi connectivity index (χ4v) is 3.44. The van der Waals surface area contributed by atoms with Gasteiger partial charge in [0, 0.05) is 10.7 Å². The fraction of sp³-hybridized carbons (Fsp3) is 0.0455. The molecule has 0 spiro atoms. The highest BCUT2D eigenvalue weighted by Crippen LogP contribution is 2.33. The van der Waals surface area contributed by atoms with E-state index in [2.05, 4.69) is 20.7 Å². The van der Waals surface area contributed by atoms with Gasteiger partial charge in [0.05, 0.1) is 6.26 Å². The van der Waals surface area contributed by atoms with E-state index >= 15 is 0 Å². The molecule has 4 aromatic rings. The zero-order valence-corrected chi connectivity index (χ0v) is 16.7. The predicted molar refractivity (Wildman–Crippen MR) is 114 cm³/mol. The van der Waals surface area contributed by atoms with Crippen LogP contribution in [0.4, 0.5) is 16.3 Å². The third-order valence-electron chi connectivity index (χ3n) is 4.80. The fourth-order valence-electron chi connectivity index (χ4n) is 3.31. The van der Waals surface area contributed by atoms with Crippen LogP contribution in [-0.2, 0) is 0 Å². The molecule has 0 radical (unpaired) electrons. The van der Waals surface area contributed by atoms with Crippen LogP contribution in [0.15, 0.2) is 77.4 Å². The lowest BCUT2D eigenvalue weighted by atomic mass is 10.0. The summed E-state index contributed by atoms with van der Waals surface area (Å²) < 4.78 is 20.2. The van der Waals surface area contributed by atoms with Crippen molar-refractivity contribution in [2.75, 3.05) is 10.6 Å². The van der Waals surface area contributed by atoms with Crippen LogP contribution in [0.5, 0.6) is 0 Å². The first-order valence-electron chi connectivity index (χ1n) is 9.38. The average molecular weight is 436 g/mol. The summed E-state index contributed by atoms with van der Waals surface area (Å²) in [5.41, 5.74) is 2.49. The lowest BCUT2D eigenvalue weighted by Crippen LogP contribution is -2.20. The number of nitrogens with one attached hydrogen (secondary N) is 2. The standard InChI is InChI=1S/C22H15ClFN5O2/c23-15-7-3-13(4-8-15)17-12-18(14-5-9-16(24)10-6-14)29-22(25-17)27-21(28-29)26-20(30)19-2-1-11-31-19/h1-12,18H,(H2,25,26,27,28,30)/t18-/m1/s1. The van der Waals surface area contributed by atoms with Crippen molar-refractivity contribution >= 4 is 35.1 Å². The molecular weight excluding hydrogens is 421 g/mol. The highest BCUT2D eigenvalue weighted by atomic mass is 35.5. The Morgan fingerprint density at radius 2 is 1.90 bits per heavy atom. The summed E-state index contributed by atoms with van der Waals surface area (Å²) in [6.45, 7) is 0. The second kappa shape index (κ2) is 7.73. The van der Waals surface area contributed by atoms with Crippen molar-refractivity contribution in [2.24, 2.45) is 0 Å². The topological polar surface area (TPSA) is 85.0 Å². The molecule has 1 atom stereocenters. The number of benzene rings is 2. The van der Waals surface area contributed by atoms with Crippen molar-refractivity contribution in [1.29, 1.82) is 0 Å². The zero-order chi connectivity index (χ0) is 21.4. The van der Waals surface area contributed by atoms with Gasteiger partial charge >= 0.3 is 0 Å². The van der Waals surface area contributed by atoms with E-state index in [1.54, 1.807) is 41.1 Å². The molecule has 0 saturated carbocycles. The van der Waals surface area contributed by atoms with Crippen molar-refractivity contribution in [3.63, 3.8) is 0 Å². The van der Waals surface area contributed by atoms with Gasteiger partial charge in [-0.25, -0.2) is 9.07 Å². The largest absolute Gasteiger partial charge is 0.459 e. The first-order chi connectivity index (χ1) is 15.1. The number of fused-ring (bicyclic) bond motifs is 1. The van der Waals surface area contributed by atoms with Gasteiger partial charge in [0.1, 0.15) is 11.9 Å². The van der Waals surface area contributed by atoms with Crippen molar-refractivity contribution in [3.8, 4) is 0 Å². The quantitative estimate of drug-likeness (QED) is 0.472. The molecule has 0 fully saturated rings. The summed E-state index contributed by atoms with van der Waals surface area (Å²) in [6.07, 6.45) is 3.37. The summed E-state index contributed by atoms with van der Waals surface area (Å²) in [5, 5.41) is 10.9. The summed E-state index contributed by atoms with van der Waals surface area (Å²) in [4.78, 5) is 16.7. The third-order valence-corrected chi connectivity index (χ3v) is 5.05. The number of carbonyl (C=O) groups excluding carboxylic acids is 1. The number of amides is 1. The number of halogens is 2. The predicted octanol–water partition coefficient (Wildman–Crippen LogP) is 4.97. The Morgan fingerprint density at radius 1 is 1.13 bits per heavy atom. The van der Waals surface area contributed by atoms with E-state index in [0.717, 1.165) is 16.8 Å². The molecule has 2 aromatic heterocycles. The monoisotopic (exact) mass is 435 g/mol. The minimum atomic E-state index is -0.461. The first kappa shape index (κ1) is 19.1. The number of furan rings is 1. The van der Waals surface area contributed by atoms with E-state index in [9.17, 15) is 9.18 Å². The van der Waals surface area contributed by atoms with Crippen LogP contribution >= 0.6 is 11.6 Å². The average Bonchev–Trinajstić information content (AvgIpc) is 3.44. The Bertz CT molecular complexity index is 1260. The Morgan fingerprint density at radius 3 is 2.61 bits per heavy atom. The lowest BCUT2D eigenvalue weighted by molar-refractivity contribution is 0.0995. The van der Waals surface area contributed by atoms with Crippen molar-refractivity contribution in [2.45, 2.75) is 6.04 Å². The van der Waals surface area contributed by atoms with Gasteiger partial charge in [-0.05, 0) is 53.6 Å². The molecule has 7 nitrogen and oxygen atoms in total. The third kappa shape index (κ3) is 3.80. The molecule has 1 aliphatic rings. The van der Waals surface area contributed by atoms with Gasteiger partial charge in [-0.15, -0.1) is 5.10 Å². The minimum absolute atomic E-state index is 0.113. The number of hydrogen-bond acceptors (Lipinski definition) is 5. The van der Waals surface area contributed by atoms with Crippen molar-refractivity contribution in [1.82, 2.24) is 14.8 Å². The van der Waals surface area contributed by atoms with Gasteiger partial charge < -0.3 is 9.73 Å². The molecule has 9 heteroatoms. The number of hydrogen-bond donors (Lipinski definition) is 2. The summed E-state index contributed by atoms with van der Waals surface area (Å²) in [6, 6.07) is 16.3. The molecular formula is C22H15ClFN5O2. The molecule has 0 aliphatic carbocycles. The van der Waals surface area contributed by atoms with Gasteiger partial charge in [0.2, 0.25) is 5.95 Å². The maximum atomic E-state index is 13.5. The number of allylic oxidation sites excluding steroid dienone is 1. The lowest BCUT2D eigenvalue weighted by Gasteiger charge is -2.24. The number of carbonyl (C=O) groups is 1. The molecule has 2 N–H and O–H groups in total.